The summed E-state index contributed by atoms with van der Waals surface area (Å²) < 4.78 is 10.5. The molecule has 3 heterocycles. The van der Waals surface area contributed by atoms with E-state index in [0.29, 0.717) is 24.0 Å². The van der Waals surface area contributed by atoms with Crippen molar-refractivity contribution in [3.8, 4) is 0 Å². The molecule has 0 unspecified atom stereocenters. The maximum Gasteiger partial charge on any atom is 0.232 e. The van der Waals surface area contributed by atoms with Crippen LogP contribution in [0.15, 0.2) is 0 Å². The predicted octanol–water partition coefficient (Wildman–Crippen LogP) is 4.83. The largest absolute Gasteiger partial charge is 0.385 e. The Kier molecular flexibility index (Phi) is 10.5. The Labute approximate surface area is 242 Å². The van der Waals surface area contributed by atoms with Gasteiger partial charge < -0.3 is 29.9 Å². The number of methoxy groups -OCH3 is 2. The third-order valence-corrected chi connectivity index (χ3v) is 8.48. The van der Waals surface area contributed by atoms with E-state index in [4.69, 9.17) is 36.0 Å². The van der Waals surface area contributed by atoms with Crippen LogP contribution in [0.1, 0.15) is 93.9 Å². The number of ether oxygens (including phenoxy) is 2. The van der Waals surface area contributed by atoms with Crippen molar-refractivity contribution in [2.45, 2.75) is 128 Å². The normalized spacial score (nSPS) is 22.8. The number of nitrogens with one attached hydrogen (secondary N) is 2. The van der Waals surface area contributed by atoms with Crippen molar-refractivity contribution in [2.75, 3.05) is 50.3 Å². The number of piperidine rings is 2. The Hall–Kier alpha value is -1.26. The topological polar surface area (TPSA) is 87.7 Å². The second-order valence-electron chi connectivity index (χ2n) is 13.9. The Morgan fingerprint density at radius 3 is 1.31 bits per heavy atom. The van der Waals surface area contributed by atoms with Gasteiger partial charge in [-0.25, -0.2) is 0 Å². The molecule has 224 valence electrons. The van der Waals surface area contributed by atoms with Crippen LogP contribution in [0.5, 0.6) is 0 Å². The number of hydrogen-bond donors (Lipinski definition) is 2. The molecule has 9 nitrogen and oxygen atoms in total. The third kappa shape index (κ3) is 7.94. The van der Waals surface area contributed by atoms with Gasteiger partial charge >= 0.3 is 0 Å². The first-order valence-electron chi connectivity index (χ1n) is 14.6. The minimum absolute atomic E-state index is 0.174. The van der Waals surface area contributed by atoms with E-state index >= 15 is 0 Å². The summed E-state index contributed by atoms with van der Waals surface area (Å²) in [6.07, 6.45) is 5.96. The first-order valence-corrected chi connectivity index (χ1v) is 15.0. The number of nitrogens with zero attached hydrogens (tertiary/aromatic N) is 5. The van der Waals surface area contributed by atoms with Crippen molar-refractivity contribution in [1.29, 1.82) is 0 Å². The van der Waals surface area contributed by atoms with Crippen LogP contribution in [-0.2, 0) is 9.47 Å². The molecule has 2 saturated heterocycles. The fourth-order valence-electron chi connectivity index (χ4n) is 7.51. The van der Waals surface area contributed by atoms with Gasteiger partial charge in [-0.1, -0.05) is 0 Å². The van der Waals surface area contributed by atoms with Gasteiger partial charge in [0.05, 0.1) is 0 Å². The highest BCUT2D eigenvalue weighted by molar-refractivity contribution is 6.28. The Morgan fingerprint density at radius 2 is 1.00 bits per heavy atom. The zero-order valence-electron chi connectivity index (χ0n) is 26.2. The number of halogens is 1. The molecule has 1 aromatic rings. The maximum atomic E-state index is 6.65. The smallest absolute Gasteiger partial charge is 0.232 e. The number of rotatable bonds is 12. The summed E-state index contributed by atoms with van der Waals surface area (Å²) in [5, 5.41) is 7.75. The van der Waals surface area contributed by atoms with Crippen LogP contribution >= 0.6 is 11.6 Å². The van der Waals surface area contributed by atoms with Gasteiger partial charge in [0.1, 0.15) is 0 Å². The summed E-state index contributed by atoms with van der Waals surface area (Å²) in [7, 11) is 3.51. The van der Waals surface area contributed by atoms with Gasteiger partial charge in [0.25, 0.3) is 0 Å². The lowest BCUT2D eigenvalue weighted by Gasteiger charge is -2.56. The van der Waals surface area contributed by atoms with E-state index in [-0.39, 0.29) is 27.4 Å². The van der Waals surface area contributed by atoms with Gasteiger partial charge in [-0.2, -0.15) is 15.0 Å². The molecule has 39 heavy (non-hydrogen) atoms. The van der Waals surface area contributed by atoms with Gasteiger partial charge in [0, 0.05) is 61.7 Å². The summed E-state index contributed by atoms with van der Waals surface area (Å²) in [5.74, 6) is 1.31. The van der Waals surface area contributed by atoms with Crippen molar-refractivity contribution in [1.82, 2.24) is 25.6 Å². The first kappa shape index (κ1) is 32.3. The molecule has 10 heteroatoms. The predicted molar refractivity (Wildman–Crippen MR) is 161 cm³/mol. The lowest BCUT2D eigenvalue weighted by atomic mass is 9.77. The lowest BCUT2D eigenvalue weighted by Crippen LogP contribution is -2.66. The molecule has 2 aliphatic rings. The Bertz CT molecular complexity index is 834. The van der Waals surface area contributed by atoms with Crippen LogP contribution in [0.4, 0.5) is 11.9 Å². The van der Waals surface area contributed by atoms with Crippen molar-refractivity contribution < 1.29 is 9.47 Å². The Balaban J connectivity index is 1.86. The highest BCUT2D eigenvalue weighted by atomic mass is 35.5. The molecular formula is C29H54ClN7O2. The highest BCUT2D eigenvalue weighted by Gasteiger charge is 2.49. The zero-order valence-corrected chi connectivity index (χ0v) is 26.9. The first-order chi connectivity index (χ1) is 18.1. The van der Waals surface area contributed by atoms with Gasteiger partial charge in [0.2, 0.25) is 17.2 Å². The van der Waals surface area contributed by atoms with Gasteiger partial charge in [-0.05, 0) is 119 Å². The maximum absolute atomic E-state index is 6.65. The van der Waals surface area contributed by atoms with Crippen LogP contribution in [0.2, 0.25) is 5.28 Å². The van der Waals surface area contributed by atoms with E-state index in [1.165, 1.54) is 0 Å². The molecular weight excluding hydrogens is 514 g/mol. The summed E-state index contributed by atoms with van der Waals surface area (Å²) in [6.45, 7) is 21.7. The molecule has 0 bridgehead atoms. The average Bonchev–Trinajstić information content (AvgIpc) is 2.76. The van der Waals surface area contributed by atoms with Crippen molar-refractivity contribution >= 4 is 23.5 Å². The van der Waals surface area contributed by atoms with Crippen molar-refractivity contribution in [3.05, 3.63) is 5.28 Å². The van der Waals surface area contributed by atoms with Gasteiger partial charge in [-0.15, -0.1) is 0 Å². The molecule has 2 N–H and O–H groups in total. The molecule has 0 aliphatic carbocycles. The molecule has 0 aromatic carbocycles. The van der Waals surface area contributed by atoms with Crippen LogP contribution in [0.25, 0.3) is 0 Å². The highest BCUT2D eigenvalue weighted by Crippen LogP contribution is 2.44. The van der Waals surface area contributed by atoms with E-state index < -0.39 is 0 Å². The number of hydrogen-bond acceptors (Lipinski definition) is 9. The zero-order chi connectivity index (χ0) is 29.1. The summed E-state index contributed by atoms with van der Waals surface area (Å²) in [6, 6.07) is 0.821. The summed E-state index contributed by atoms with van der Waals surface area (Å²) in [4.78, 5) is 19.3. The van der Waals surface area contributed by atoms with E-state index in [2.05, 4.69) is 75.8 Å². The molecule has 1 aromatic heterocycles. The van der Waals surface area contributed by atoms with Gasteiger partial charge in [-0.3, -0.25) is 0 Å². The molecule has 2 aliphatic heterocycles. The van der Waals surface area contributed by atoms with Gasteiger partial charge in [0.15, 0.2) is 0 Å². The minimum atomic E-state index is -0.174. The van der Waals surface area contributed by atoms with E-state index in [1.54, 1.807) is 14.2 Å². The monoisotopic (exact) mass is 567 g/mol. The van der Waals surface area contributed by atoms with E-state index in [9.17, 15) is 0 Å². The fraction of sp³-hybridized carbons (Fsp3) is 0.897. The van der Waals surface area contributed by atoms with Crippen molar-refractivity contribution in [2.24, 2.45) is 0 Å². The van der Waals surface area contributed by atoms with E-state index in [0.717, 1.165) is 64.8 Å². The minimum Gasteiger partial charge on any atom is -0.385 e. The second-order valence-corrected chi connectivity index (χ2v) is 14.3. The van der Waals surface area contributed by atoms with Crippen LogP contribution in [0, 0.1) is 0 Å². The second kappa shape index (κ2) is 12.7. The molecule has 2 fully saturated rings. The number of aromatic nitrogens is 3. The van der Waals surface area contributed by atoms with Crippen LogP contribution < -0.4 is 20.4 Å². The van der Waals surface area contributed by atoms with Crippen LogP contribution in [0.3, 0.4) is 0 Å². The molecule has 0 saturated carbocycles. The average molecular weight is 568 g/mol. The SMILES string of the molecule is COCCCNC1CC(C)(C)N(c2nc(Cl)nc(N3C(C)(C)CC(NCCCOC)CC3(C)C)n2)C(C)(C)C1. The quantitative estimate of drug-likeness (QED) is 0.345. The fourth-order valence-corrected chi connectivity index (χ4v) is 7.66. The van der Waals surface area contributed by atoms with Crippen LogP contribution in [-0.4, -0.2) is 89.7 Å². The standard InChI is InChI=1S/C29H54ClN7O2/c1-26(2)17-21(31-13-11-15-38-9)18-27(3,4)36(26)24-33-23(30)34-25(35-24)37-28(5,6)19-22(20-29(37,7)8)32-14-12-16-39-10/h21-22,31-32H,11-20H2,1-10H3. The third-order valence-electron chi connectivity index (χ3n) is 8.31. The summed E-state index contributed by atoms with van der Waals surface area (Å²) in [5.41, 5.74) is -0.695. The molecule has 0 spiro atoms. The lowest BCUT2D eigenvalue weighted by molar-refractivity contribution is 0.174. The Morgan fingerprint density at radius 1 is 0.667 bits per heavy atom. The van der Waals surface area contributed by atoms with E-state index in [1.807, 2.05) is 0 Å². The van der Waals surface area contributed by atoms with Crippen molar-refractivity contribution in [3.63, 3.8) is 0 Å². The molecule has 0 atom stereocenters. The summed E-state index contributed by atoms with van der Waals surface area (Å²) >= 11 is 6.65. The molecule has 0 radical (unpaired) electrons. The number of anilines is 2. The molecule has 3 rings (SSSR count). The molecule has 0 amide bonds.